The van der Waals surface area contributed by atoms with Gasteiger partial charge in [-0.3, -0.25) is 0 Å². The third kappa shape index (κ3) is 6.39. The van der Waals surface area contributed by atoms with E-state index in [-0.39, 0.29) is 0 Å². The molecule has 22 heavy (non-hydrogen) atoms. The number of guanidine groups is 1. The van der Waals surface area contributed by atoms with E-state index in [4.69, 9.17) is 15.6 Å². The molecule has 1 aliphatic heterocycles. The van der Waals surface area contributed by atoms with Crippen LogP contribution in [0.15, 0.2) is 29.4 Å². The fraction of sp³-hybridized carbons (Fsp3) is 0.417. The Morgan fingerprint density at radius 2 is 1.95 bits per heavy atom. The number of halogens is 3. The molecular weight excluding hydrogens is 303 g/mol. The molecule has 0 spiro atoms. The average Bonchev–Trinajstić information content (AvgIpc) is 2.49. The highest BCUT2D eigenvalue weighted by molar-refractivity contribution is 5.80. The maximum atomic E-state index is 10.6. The van der Waals surface area contributed by atoms with Gasteiger partial charge in [-0.2, -0.15) is 18.2 Å². The number of aromatic nitrogens is 1. The second kappa shape index (κ2) is 8.17. The molecule has 0 bridgehead atoms. The van der Waals surface area contributed by atoms with Gasteiger partial charge < -0.3 is 21.1 Å². The molecule has 1 aromatic rings. The lowest BCUT2D eigenvalue weighted by Crippen LogP contribution is -2.49. The van der Waals surface area contributed by atoms with E-state index in [1.807, 2.05) is 18.2 Å². The number of aliphatic imine (C=N–C) groups is 1. The van der Waals surface area contributed by atoms with Gasteiger partial charge in [-0.05, 0) is 12.1 Å². The van der Waals surface area contributed by atoms with E-state index >= 15 is 0 Å². The number of pyridine rings is 1. The van der Waals surface area contributed by atoms with Gasteiger partial charge in [0.2, 0.25) is 0 Å². The second-order valence-corrected chi connectivity index (χ2v) is 4.20. The molecule has 0 aromatic carbocycles. The fourth-order valence-electron chi connectivity index (χ4n) is 1.50. The van der Waals surface area contributed by atoms with Crippen molar-refractivity contribution in [3.63, 3.8) is 0 Å². The standard InChI is InChI=1S/C10H15N5.C2HF3O2/c11-10(15-7-5-12-6-8-15)14-9-3-1-2-4-13-9;3-2(4,5)1(6)7/h1-4,12H,5-8H2,(H2,11,13,14);(H,6,7). The fourth-order valence-corrected chi connectivity index (χ4v) is 1.50. The van der Waals surface area contributed by atoms with Crippen LogP contribution < -0.4 is 11.1 Å². The van der Waals surface area contributed by atoms with Gasteiger partial charge in [0, 0.05) is 32.4 Å². The van der Waals surface area contributed by atoms with Crippen molar-refractivity contribution in [3.8, 4) is 0 Å². The van der Waals surface area contributed by atoms with Gasteiger partial charge >= 0.3 is 12.1 Å². The van der Waals surface area contributed by atoms with E-state index in [9.17, 15) is 13.2 Å². The van der Waals surface area contributed by atoms with Crippen LogP contribution in [0.4, 0.5) is 19.0 Å². The number of aliphatic carboxylic acids is 1. The maximum Gasteiger partial charge on any atom is 0.490 e. The first kappa shape index (κ1) is 17.7. The molecule has 0 saturated carbocycles. The van der Waals surface area contributed by atoms with Crippen LogP contribution in [0.2, 0.25) is 0 Å². The van der Waals surface area contributed by atoms with Gasteiger partial charge in [-0.25, -0.2) is 9.78 Å². The minimum atomic E-state index is -5.08. The van der Waals surface area contributed by atoms with E-state index in [1.165, 1.54) is 0 Å². The SMILES string of the molecule is N/C(=N/c1ccccn1)N1CCNCC1.O=C(O)C(F)(F)F. The largest absolute Gasteiger partial charge is 0.490 e. The predicted molar refractivity (Wildman–Crippen MR) is 73.7 cm³/mol. The number of nitrogens with zero attached hydrogens (tertiary/aromatic N) is 3. The first-order valence-electron chi connectivity index (χ1n) is 6.31. The number of rotatable bonds is 1. The normalized spacial score (nSPS) is 15.8. The highest BCUT2D eigenvalue weighted by Crippen LogP contribution is 2.13. The monoisotopic (exact) mass is 319 g/mol. The van der Waals surface area contributed by atoms with Gasteiger partial charge in [0.25, 0.3) is 0 Å². The highest BCUT2D eigenvalue weighted by atomic mass is 19.4. The number of nitrogens with one attached hydrogen (secondary N) is 1. The number of carboxylic acid groups (broad SMARTS) is 1. The van der Waals surface area contributed by atoms with E-state index in [2.05, 4.69) is 20.2 Å². The van der Waals surface area contributed by atoms with Crippen LogP contribution in [0.3, 0.4) is 0 Å². The van der Waals surface area contributed by atoms with Crippen molar-refractivity contribution in [2.45, 2.75) is 6.18 Å². The molecule has 2 rings (SSSR count). The van der Waals surface area contributed by atoms with E-state index in [0.29, 0.717) is 11.8 Å². The number of nitrogens with two attached hydrogens (primary N) is 1. The third-order valence-electron chi connectivity index (χ3n) is 2.56. The van der Waals surface area contributed by atoms with Gasteiger partial charge in [0.15, 0.2) is 11.8 Å². The molecule has 0 amide bonds. The highest BCUT2D eigenvalue weighted by Gasteiger charge is 2.38. The van der Waals surface area contributed by atoms with Crippen LogP contribution in [0.1, 0.15) is 0 Å². The number of carboxylic acids is 1. The van der Waals surface area contributed by atoms with Crippen LogP contribution in [-0.2, 0) is 4.79 Å². The zero-order valence-electron chi connectivity index (χ0n) is 11.5. The number of carbonyl (C=O) groups is 1. The number of alkyl halides is 3. The minimum absolute atomic E-state index is 0.551. The molecule has 1 aliphatic rings. The van der Waals surface area contributed by atoms with Crippen molar-refractivity contribution in [1.82, 2.24) is 15.2 Å². The van der Waals surface area contributed by atoms with Gasteiger partial charge in [-0.1, -0.05) is 6.07 Å². The van der Waals surface area contributed by atoms with Crippen molar-refractivity contribution in [3.05, 3.63) is 24.4 Å². The summed E-state index contributed by atoms with van der Waals surface area (Å²) in [4.78, 5) is 19.3. The molecule has 2 heterocycles. The zero-order valence-corrected chi connectivity index (χ0v) is 11.5. The Kier molecular flexibility index (Phi) is 6.57. The lowest BCUT2D eigenvalue weighted by atomic mass is 10.4. The van der Waals surface area contributed by atoms with Crippen LogP contribution in [0, 0.1) is 0 Å². The molecule has 1 saturated heterocycles. The summed E-state index contributed by atoms with van der Waals surface area (Å²) in [6.45, 7) is 3.72. The molecule has 0 aliphatic carbocycles. The molecule has 1 fully saturated rings. The molecule has 0 atom stereocenters. The van der Waals surface area contributed by atoms with Crippen molar-refractivity contribution in [1.29, 1.82) is 0 Å². The van der Waals surface area contributed by atoms with Crippen molar-refractivity contribution in [2.24, 2.45) is 10.7 Å². The molecule has 1 aromatic heterocycles. The lowest BCUT2D eigenvalue weighted by Gasteiger charge is -2.27. The van der Waals surface area contributed by atoms with Crippen LogP contribution in [0.5, 0.6) is 0 Å². The van der Waals surface area contributed by atoms with E-state index < -0.39 is 12.1 Å². The van der Waals surface area contributed by atoms with Crippen LogP contribution in [-0.4, -0.2) is 59.3 Å². The summed E-state index contributed by atoms with van der Waals surface area (Å²) in [6, 6.07) is 5.60. The number of hydrogen-bond acceptors (Lipinski definition) is 4. The minimum Gasteiger partial charge on any atom is -0.475 e. The summed E-state index contributed by atoms with van der Waals surface area (Å²) < 4.78 is 31.7. The van der Waals surface area contributed by atoms with Gasteiger partial charge in [-0.15, -0.1) is 0 Å². The van der Waals surface area contributed by atoms with Gasteiger partial charge in [0.1, 0.15) is 0 Å². The van der Waals surface area contributed by atoms with Crippen LogP contribution >= 0.6 is 0 Å². The van der Waals surface area contributed by atoms with Crippen molar-refractivity contribution < 1.29 is 23.1 Å². The number of hydrogen-bond donors (Lipinski definition) is 3. The Balaban J connectivity index is 0.000000295. The quantitative estimate of drug-likeness (QED) is 0.516. The first-order chi connectivity index (χ1) is 10.3. The van der Waals surface area contributed by atoms with E-state index in [1.54, 1.807) is 6.20 Å². The summed E-state index contributed by atoms with van der Waals surface area (Å²) >= 11 is 0. The molecule has 0 radical (unpaired) electrons. The Hall–Kier alpha value is -2.36. The predicted octanol–water partition coefficient (Wildman–Crippen LogP) is 0.566. The summed E-state index contributed by atoms with van der Waals surface area (Å²) in [5.41, 5.74) is 5.89. The number of piperazine rings is 1. The van der Waals surface area contributed by atoms with Crippen molar-refractivity contribution in [2.75, 3.05) is 26.2 Å². The lowest BCUT2D eigenvalue weighted by molar-refractivity contribution is -0.192. The maximum absolute atomic E-state index is 10.6. The molecule has 7 nitrogen and oxygen atoms in total. The summed E-state index contributed by atoms with van der Waals surface area (Å²) in [7, 11) is 0. The Labute approximate surface area is 124 Å². The topological polar surface area (TPSA) is 104 Å². The second-order valence-electron chi connectivity index (χ2n) is 4.20. The summed E-state index contributed by atoms with van der Waals surface area (Å²) in [5.74, 6) is -1.55. The molecule has 0 unspecified atom stereocenters. The Morgan fingerprint density at radius 3 is 2.41 bits per heavy atom. The zero-order chi connectivity index (χ0) is 16.6. The van der Waals surface area contributed by atoms with Crippen LogP contribution in [0.25, 0.3) is 0 Å². The summed E-state index contributed by atoms with van der Waals surface area (Å²) in [5, 5.41) is 10.4. The Bertz CT molecular complexity index is 501. The smallest absolute Gasteiger partial charge is 0.475 e. The molecule has 10 heteroatoms. The third-order valence-corrected chi connectivity index (χ3v) is 2.56. The van der Waals surface area contributed by atoms with Gasteiger partial charge in [0.05, 0.1) is 0 Å². The Morgan fingerprint density at radius 1 is 1.36 bits per heavy atom. The van der Waals surface area contributed by atoms with E-state index in [0.717, 1.165) is 26.2 Å². The first-order valence-corrected chi connectivity index (χ1v) is 6.31. The summed E-state index contributed by atoms with van der Waals surface area (Å²) in [6.07, 6.45) is -3.37. The van der Waals surface area contributed by atoms with Crippen molar-refractivity contribution >= 4 is 17.7 Å². The average molecular weight is 319 g/mol. The molecular formula is C12H16F3N5O2. The molecule has 122 valence electrons. The molecule has 4 N–H and O–H groups in total.